The topological polar surface area (TPSA) is 61.6 Å². The molecular formula is C14H18N4O2. The van der Waals surface area contributed by atoms with Gasteiger partial charge in [0.15, 0.2) is 0 Å². The number of nitrogens with one attached hydrogen (secondary N) is 1. The van der Waals surface area contributed by atoms with E-state index in [2.05, 4.69) is 21.2 Å². The van der Waals surface area contributed by atoms with Crippen LogP contribution in [0.3, 0.4) is 0 Å². The Hall–Kier alpha value is -2.08. The summed E-state index contributed by atoms with van der Waals surface area (Å²) >= 11 is 0. The molecule has 1 N–H and O–H groups in total. The van der Waals surface area contributed by atoms with Crippen LogP contribution in [0.4, 0.5) is 11.4 Å². The second kappa shape index (κ2) is 5.13. The lowest BCUT2D eigenvalue weighted by Gasteiger charge is -2.37. The maximum absolute atomic E-state index is 10.9. The van der Waals surface area contributed by atoms with Gasteiger partial charge in [-0.3, -0.25) is 15.0 Å². The van der Waals surface area contributed by atoms with Crippen LogP contribution in [0.2, 0.25) is 0 Å². The molecule has 0 aromatic heterocycles. The molecule has 1 aliphatic heterocycles. The van der Waals surface area contributed by atoms with Crippen LogP contribution in [0.25, 0.3) is 0 Å². The smallest absolute Gasteiger partial charge is 0.271 e. The first-order valence-corrected chi connectivity index (χ1v) is 6.83. The predicted octanol–water partition coefficient (Wildman–Crippen LogP) is 1.90. The molecule has 6 nitrogen and oxygen atoms in total. The number of benzene rings is 1. The van der Waals surface area contributed by atoms with Crippen LogP contribution in [0.15, 0.2) is 36.2 Å². The van der Waals surface area contributed by atoms with Gasteiger partial charge < -0.3 is 10.2 Å². The Morgan fingerprint density at radius 1 is 1.40 bits per heavy atom. The van der Waals surface area contributed by atoms with Gasteiger partial charge in [0, 0.05) is 31.8 Å². The highest BCUT2D eigenvalue weighted by atomic mass is 16.6. The Labute approximate surface area is 117 Å². The summed E-state index contributed by atoms with van der Waals surface area (Å²) in [6, 6.07) is 7.47. The van der Waals surface area contributed by atoms with Gasteiger partial charge in [0.05, 0.1) is 17.3 Å². The Bertz CT molecular complexity index is 554. The molecule has 1 aromatic rings. The summed E-state index contributed by atoms with van der Waals surface area (Å²) in [4.78, 5) is 15.1. The molecule has 0 radical (unpaired) electrons. The van der Waals surface area contributed by atoms with E-state index < -0.39 is 0 Å². The number of nitro benzene ring substituents is 1. The predicted molar refractivity (Wildman–Crippen MR) is 77.3 cm³/mol. The van der Waals surface area contributed by atoms with E-state index in [1.807, 2.05) is 13.1 Å². The molecular weight excluding hydrogens is 256 g/mol. The van der Waals surface area contributed by atoms with Crippen molar-refractivity contribution in [3.8, 4) is 0 Å². The molecule has 1 heterocycles. The van der Waals surface area contributed by atoms with E-state index in [0.717, 1.165) is 24.7 Å². The summed E-state index contributed by atoms with van der Waals surface area (Å²) in [6.07, 6.45) is 4.65. The summed E-state index contributed by atoms with van der Waals surface area (Å²) in [5.41, 5.74) is 0.978. The van der Waals surface area contributed by atoms with Crippen molar-refractivity contribution in [2.24, 2.45) is 0 Å². The van der Waals surface area contributed by atoms with E-state index in [1.54, 1.807) is 12.1 Å². The molecule has 0 atom stereocenters. The van der Waals surface area contributed by atoms with E-state index >= 15 is 0 Å². The highest BCUT2D eigenvalue weighted by Crippen LogP contribution is 2.31. The third kappa shape index (κ3) is 2.46. The summed E-state index contributed by atoms with van der Waals surface area (Å²) < 4.78 is 0. The fraction of sp³-hybridized carbons (Fsp3) is 0.429. The highest BCUT2D eigenvalue weighted by molar-refractivity contribution is 5.57. The van der Waals surface area contributed by atoms with Crippen LogP contribution in [0.1, 0.15) is 12.8 Å². The summed E-state index contributed by atoms with van der Waals surface area (Å²) in [5.74, 6) is 1.00. The zero-order valence-electron chi connectivity index (χ0n) is 11.5. The van der Waals surface area contributed by atoms with Gasteiger partial charge in [0.25, 0.3) is 5.69 Å². The molecule has 0 bridgehead atoms. The van der Waals surface area contributed by atoms with Gasteiger partial charge in [0.2, 0.25) is 0 Å². The van der Waals surface area contributed by atoms with Crippen LogP contribution in [0, 0.1) is 10.1 Å². The van der Waals surface area contributed by atoms with Gasteiger partial charge in [-0.25, -0.2) is 0 Å². The van der Waals surface area contributed by atoms with E-state index in [9.17, 15) is 10.1 Å². The normalized spacial score (nSPS) is 19.6. The van der Waals surface area contributed by atoms with E-state index in [4.69, 9.17) is 0 Å². The first kappa shape index (κ1) is 12.9. The number of rotatable bonds is 4. The van der Waals surface area contributed by atoms with Gasteiger partial charge in [-0.2, -0.15) is 0 Å². The number of nitro groups is 1. The number of hydrogen-bond acceptors (Lipinski definition) is 5. The molecule has 2 aliphatic rings. The van der Waals surface area contributed by atoms with Crippen molar-refractivity contribution in [3.63, 3.8) is 0 Å². The highest BCUT2D eigenvalue weighted by Gasteiger charge is 2.32. The van der Waals surface area contributed by atoms with E-state index in [0.29, 0.717) is 6.04 Å². The minimum atomic E-state index is -0.352. The summed E-state index contributed by atoms with van der Waals surface area (Å²) in [7, 11) is 1.88. The van der Waals surface area contributed by atoms with Crippen molar-refractivity contribution >= 4 is 11.4 Å². The zero-order chi connectivity index (χ0) is 14.1. The lowest BCUT2D eigenvalue weighted by Crippen LogP contribution is -2.45. The molecule has 0 amide bonds. The van der Waals surface area contributed by atoms with E-state index in [1.165, 1.54) is 18.9 Å². The SMILES string of the molecule is CNC1=CCN(C2CC2)CN1c1cccc([N+](=O)[O-])c1. The first-order chi connectivity index (χ1) is 9.69. The molecule has 1 aliphatic carbocycles. The average Bonchev–Trinajstić information content (AvgIpc) is 3.31. The molecule has 20 heavy (non-hydrogen) atoms. The van der Waals surface area contributed by atoms with Crippen molar-refractivity contribution < 1.29 is 4.92 Å². The van der Waals surface area contributed by atoms with Gasteiger partial charge in [-0.1, -0.05) is 6.07 Å². The monoisotopic (exact) mass is 274 g/mol. The fourth-order valence-corrected chi connectivity index (χ4v) is 2.57. The number of non-ortho nitro benzene ring substituents is 1. The van der Waals surface area contributed by atoms with Crippen LogP contribution < -0.4 is 10.2 Å². The molecule has 0 spiro atoms. The van der Waals surface area contributed by atoms with Gasteiger partial charge >= 0.3 is 0 Å². The van der Waals surface area contributed by atoms with Crippen molar-refractivity contribution in [2.75, 3.05) is 25.2 Å². The van der Waals surface area contributed by atoms with Crippen LogP contribution in [-0.2, 0) is 0 Å². The average molecular weight is 274 g/mol. The third-order valence-corrected chi connectivity index (χ3v) is 3.80. The molecule has 0 unspecified atom stereocenters. The first-order valence-electron chi connectivity index (χ1n) is 6.83. The Balaban J connectivity index is 1.89. The maximum Gasteiger partial charge on any atom is 0.271 e. The Kier molecular flexibility index (Phi) is 3.31. The lowest BCUT2D eigenvalue weighted by atomic mass is 10.2. The van der Waals surface area contributed by atoms with Crippen LogP contribution in [-0.4, -0.2) is 36.1 Å². The van der Waals surface area contributed by atoms with Crippen LogP contribution >= 0.6 is 0 Å². The van der Waals surface area contributed by atoms with Crippen molar-refractivity contribution in [3.05, 3.63) is 46.3 Å². The van der Waals surface area contributed by atoms with Crippen molar-refractivity contribution in [1.82, 2.24) is 10.2 Å². The fourth-order valence-electron chi connectivity index (χ4n) is 2.57. The van der Waals surface area contributed by atoms with Gasteiger partial charge in [0.1, 0.15) is 5.82 Å². The number of nitrogens with zero attached hydrogens (tertiary/aromatic N) is 3. The largest absolute Gasteiger partial charge is 0.375 e. The zero-order valence-corrected chi connectivity index (χ0v) is 11.5. The summed E-state index contributed by atoms with van der Waals surface area (Å²) in [6.45, 7) is 1.71. The molecule has 0 saturated heterocycles. The standard InChI is InChI=1S/C14H18N4O2/c1-15-14-7-8-16(11-5-6-11)10-17(14)12-3-2-4-13(9-12)18(19)20/h2-4,7,9,11,15H,5-6,8,10H2,1H3. The van der Waals surface area contributed by atoms with Gasteiger partial charge in [-0.05, 0) is 25.0 Å². The van der Waals surface area contributed by atoms with Gasteiger partial charge in [-0.15, -0.1) is 0 Å². The second-order valence-corrected chi connectivity index (χ2v) is 5.19. The molecule has 1 aromatic carbocycles. The molecule has 1 saturated carbocycles. The third-order valence-electron chi connectivity index (χ3n) is 3.80. The molecule has 3 rings (SSSR count). The Morgan fingerprint density at radius 2 is 2.20 bits per heavy atom. The lowest BCUT2D eigenvalue weighted by molar-refractivity contribution is -0.384. The molecule has 1 fully saturated rings. The maximum atomic E-state index is 10.9. The summed E-state index contributed by atoms with van der Waals surface area (Å²) in [5, 5.41) is 14.1. The quantitative estimate of drug-likeness (QED) is 0.671. The minimum absolute atomic E-state index is 0.126. The van der Waals surface area contributed by atoms with E-state index in [-0.39, 0.29) is 10.6 Å². The van der Waals surface area contributed by atoms with Crippen molar-refractivity contribution in [2.45, 2.75) is 18.9 Å². The molecule has 106 valence electrons. The Morgan fingerprint density at radius 3 is 2.85 bits per heavy atom. The minimum Gasteiger partial charge on any atom is -0.375 e. The molecule has 6 heteroatoms. The number of hydrogen-bond donors (Lipinski definition) is 1. The van der Waals surface area contributed by atoms with Crippen molar-refractivity contribution in [1.29, 1.82) is 0 Å². The second-order valence-electron chi connectivity index (χ2n) is 5.19. The van der Waals surface area contributed by atoms with Crippen LogP contribution in [0.5, 0.6) is 0 Å². The number of anilines is 1.